The zero-order valence-corrected chi connectivity index (χ0v) is 18.5. The van der Waals surface area contributed by atoms with Gasteiger partial charge in [0.2, 0.25) is 0 Å². The van der Waals surface area contributed by atoms with E-state index in [1.54, 1.807) is 11.5 Å². The first-order chi connectivity index (χ1) is 14.7. The number of aliphatic hydroxyl groups is 1. The highest BCUT2D eigenvalue weighted by Crippen LogP contribution is 2.39. The average molecular weight is 418 g/mol. The number of hydrogen-bond donors (Lipinski definition) is 1. The number of fused-ring (bicyclic) bond motifs is 5. The Labute approximate surface area is 181 Å². The summed E-state index contributed by atoms with van der Waals surface area (Å²) in [7, 11) is 4.10. The number of benzene rings is 1. The Morgan fingerprint density at radius 2 is 1.97 bits per heavy atom. The minimum absolute atomic E-state index is 0.112. The van der Waals surface area contributed by atoms with Crippen molar-refractivity contribution in [3.63, 3.8) is 0 Å². The molecule has 0 fully saturated rings. The second-order valence-electron chi connectivity index (χ2n) is 9.11. The Kier molecular flexibility index (Phi) is 4.43. The molecule has 6 heteroatoms. The lowest BCUT2D eigenvalue weighted by molar-refractivity contribution is -0.140. The fraction of sp³-hybridized carbons (Fsp3) is 0.400. The Bertz CT molecular complexity index is 1320. The van der Waals surface area contributed by atoms with Crippen LogP contribution in [0.3, 0.4) is 0 Å². The van der Waals surface area contributed by atoms with Gasteiger partial charge < -0.3 is 14.6 Å². The van der Waals surface area contributed by atoms with Gasteiger partial charge in [-0.2, -0.15) is 0 Å². The van der Waals surface area contributed by atoms with Crippen LogP contribution >= 0.6 is 0 Å². The van der Waals surface area contributed by atoms with Gasteiger partial charge in [-0.15, -0.1) is 0 Å². The minimum Gasteiger partial charge on any atom is -0.377 e. The van der Waals surface area contributed by atoms with Gasteiger partial charge in [-0.05, 0) is 63.2 Å². The largest absolute Gasteiger partial charge is 0.377 e. The molecule has 0 saturated heterocycles. The van der Waals surface area contributed by atoms with E-state index in [0.717, 1.165) is 28.7 Å². The number of pyridine rings is 2. The summed E-state index contributed by atoms with van der Waals surface area (Å²) in [5.74, 6) is -0.208. The van der Waals surface area contributed by atoms with Crippen molar-refractivity contribution in [2.24, 2.45) is 0 Å². The number of carbonyl (C=O) groups is 1. The molecule has 3 heterocycles. The third-order valence-corrected chi connectivity index (χ3v) is 6.89. The highest BCUT2D eigenvalue weighted by atomic mass is 16.3. The monoisotopic (exact) mass is 417 g/mol. The summed E-state index contributed by atoms with van der Waals surface area (Å²) in [6, 6.07) is 8.10. The van der Waals surface area contributed by atoms with Crippen molar-refractivity contribution in [2.75, 3.05) is 14.1 Å². The Morgan fingerprint density at radius 3 is 2.68 bits per heavy atom. The summed E-state index contributed by atoms with van der Waals surface area (Å²) in [5, 5.41) is 12.2. The van der Waals surface area contributed by atoms with Gasteiger partial charge in [0.15, 0.2) is 5.78 Å². The zero-order valence-electron chi connectivity index (χ0n) is 18.5. The lowest BCUT2D eigenvalue weighted by Crippen LogP contribution is -2.43. The number of rotatable bonds is 3. The van der Waals surface area contributed by atoms with Gasteiger partial charge in [-0.3, -0.25) is 9.59 Å². The Hall–Kier alpha value is -2.83. The molecule has 2 aliphatic rings. The standard InChI is InChI=1S/C25H27N3O3/c1-5-25(31)19-11-21-23-15(12-28(21)24(30)16(19)7-9-22(25)29)10-17-18(13-27(3)4)14(2)6-8-20(17)26-23/h6,8,10-11,31H,5,7,9,12-13H2,1-4H3/t25-/m0/s1. The van der Waals surface area contributed by atoms with Crippen LogP contribution in [0.15, 0.2) is 29.1 Å². The van der Waals surface area contributed by atoms with Crippen molar-refractivity contribution in [1.29, 1.82) is 0 Å². The molecule has 2 aromatic heterocycles. The molecule has 0 radical (unpaired) electrons. The Morgan fingerprint density at radius 1 is 1.19 bits per heavy atom. The third-order valence-electron chi connectivity index (χ3n) is 6.89. The fourth-order valence-corrected chi connectivity index (χ4v) is 5.13. The predicted octanol–water partition coefficient (Wildman–Crippen LogP) is 2.91. The van der Waals surface area contributed by atoms with Crippen molar-refractivity contribution in [3.8, 4) is 11.4 Å². The molecule has 0 amide bonds. The van der Waals surface area contributed by atoms with E-state index in [-0.39, 0.29) is 24.2 Å². The van der Waals surface area contributed by atoms with Crippen LogP contribution in [0.2, 0.25) is 0 Å². The first kappa shape index (κ1) is 20.1. The number of aromatic nitrogens is 2. The van der Waals surface area contributed by atoms with E-state index in [2.05, 4.69) is 38.1 Å². The number of nitrogens with zero attached hydrogens (tertiary/aromatic N) is 3. The molecule has 0 bridgehead atoms. The van der Waals surface area contributed by atoms with Gasteiger partial charge in [0, 0.05) is 35.0 Å². The maximum Gasteiger partial charge on any atom is 0.254 e. The summed E-state index contributed by atoms with van der Waals surface area (Å²) in [6.07, 6.45) is 0.842. The second-order valence-corrected chi connectivity index (χ2v) is 9.11. The zero-order chi connectivity index (χ0) is 22.1. The highest BCUT2D eigenvalue weighted by molar-refractivity contribution is 5.91. The third kappa shape index (κ3) is 2.82. The van der Waals surface area contributed by atoms with Crippen LogP contribution in [-0.4, -0.2) is 39.4 Å². The van der Waals surface area contributed by atoms with Gasteiger partial charge in [-0.1, -0.05) is 13.0 Å². The quantitative estimate of drug-likeness (QED) is 0.555. The molecule has 1 aliphatic heterocycles. The topological polar surface area (TPSA) is 75.4 Å². The van der Waals surface area contributed by atoms with E-state index >= 15 is 0 Å². The predicted molar refractivity (Wildman–Crippen MR) is 120 cm³/mol. The van der Waals surface area contributed by atoms with Crippen LogP contribution in [0, 0.1) is 6.92 Å². The van der Waals surface area contributed by atoms with E-state index in [0.29, 0.717) is 29.8 Å². The number of carbonyl (C=O) groups excluding carboxylic acids is 1. The molecule has 0 unspecified atom stereocenters. The number of Topliss-reactive ketones (excluding diaryl/α,β-unsaturated/α-hetero) is 1. The van der Waals surface area contributed by atoms with Crippen LogP contribution < -0.4 is 5.56 Å². The van der Waals surface area contributed by atoms with E-state index in [9.17, 15) is 14.7 Å². The van der Waals surface area contributed by atoms with E-state index in [4.69, 9.17) is 4.98 Å². The lowest BCUT2D eigenvalue weighted by atomic mass is 9.77. The number of aryl methyl sites for hydroxylation is 1. The molecule has 6 nitrogen and oxygen atoms in total. The van der Waals surface area contributed by atoms with E-state index in [1.165, 1.54) is 11.1 Å². The molecule has 5 rings (SSSR count). The van der Waals surface area contributed by atoms with Crippen LogP contribution in [0.1, 0.15) is 47.6 Å². The summed E-state index contributed by atoms with van der Waals surface area (Å²) < 4.78 is 1.75. The van der Waals surface area contributed by atoms with Gasteiger partial charge in [0.05, 0.1) is 23.4 Å². The van der Waals surface area contributed by atoms with Crippen LogP contribution in [0.5, 0.6) is 0 Å². The summed E-state index contributed by atoms with van der Waals surface area (Å²) >= 11 is 0. The Balaban J connectivity index is 1.75. The molecule has 0 saturated carbocycles. The van der Waals surface area contributed by atoms with Gasteiger partial charge in [0.1, 0.15) is 5.60 Å². The summed E-state index contributed by atoms with van der Waals surface area (Å²) in [5.41, 5.74) is 5.15. The second kappa shape index (κ2) is 6.84. The van der Waals surface area contributed by atoms with E-state index < -0.39 is 5.60 Å². The van der Waals surface area contributed by atoms with Crippen LogP contribution in [0.4, 0.5) is 0 Å². The lowest BCUT2D eigenvalue weighted by Gasteiger charge is -2.32. The smallest absolute Gasteiger partial charge is 0.254 e. The maximum absolute atomic E-state index is 13.4. The van der Waals surface area contributed by atoms with Crippen molar-refractivity contribution in [3.05, 3.63) is 62.4 Å². The summed E-state index contributed by atoms with van der Waals surface area (Å²) in [4.78, 5) is 33.0. The molecule has 1 N–H and O–H groups in total. The van der Waals surface area contributed by atoms with Crippen LogP contribution in [-0.2, 0) is 29.9 Å². The highest BCUT2D eigenvalue weighted by Gasteiger charge is 2.43. The van der Waals surface area contributed by atoms with Crippen molar-refractivity contribution < 1.29 is 9.90 Å². The molecule has 0 spiro atoms. The molecular formula is C25H27N3O3. The van der Waals surface area contributed by atoms with Crippen molar-refractivity contribution >= 4 is 16.7 Å². The molecule has 31 heavy (non-hydrogen) atoms. The minimum atomic E-state index is -1.59. The van der Waals surface area contributed by atoms with Gasteiger partial charge in [0.25, 0.3) is 5.56 Å². The number of hydrogen-bond acceptors (Lipinski definition) is 5. The average Bonchev–Trinajstić information content (AvgIpc) is 3.10. The van der Waals surface area contributed by atoms with Crippen molar-refractivity contribution in [1.82, 2.24) is 14.5 Å². The normalized spacial score (nSPS) is 19.6. The summed E-state index contributed by atoms with van der Waals surface area (Å²) in [6.45, 7) is 5.18. The van der Waals surface area contributed by atoms with Crippen LogP contribution in [0.25, 0.3) is 22.3 Å². The number of ketones is 1. The van der Waals surface area contributed by atoms with E-state index in [1.807, 2.05) is 12.1 Å². The molecule has 1 atom stereocenters. The first-order valence-electron chi connectivity index (χ1n) is 10.8. The molecule has 3 aromatic rings. The fourth-order valence-electron chi connectivity index (χ4n) is 5.13. The molecular weight excluding hydrogens is 390 g/mol. The first-order valence-corrected chi connectivity index (χ1v) is 10.8. The van der Waals surface area contributed by atoms with Gasteiger partial charge >= 0.3 is 0 Å². The molecule has 160 valence electrons. The molecule has 1 aliphatic carbocycles. The maximum atomic E-state index is 13.4. The SMILES string of the molecule is CC[C@@]1(O)C(=O)CCc2c1cc1n(c2=O)Cc2cc3c(CN(C)C)c(C)ccc3nc2-1. The van der Waals surface area contributed by atoms with Crippen molar-refractivity contribution in [2.45, 2.75) is 51.8 Å². The van der Waals surface area contributed by atoms with Gasteiger partial charge in [-0.25, -0.2) is 4.98 Å². The molecule has 1 aromatic carbocycles.